The average molecular weight is 224 g/mol. The van der Waals surface area contributed by atoms with Crippen molar-refractivity contribution in [2.24, 2.45) is 11.7 Å². The van der Waals surface area contributed by atoms with Crippen molar-refractivity contribution >= 4 is 0 Å². The van der Waals surface area contributed by atoms with E-state index in [1.807, 2.05) is 0 Å². The molecule has 0 aromatic heterocycles. The minimum Gasteiger partial charge on any atom is -0.325 e. The van der Waals surface area contributed by atoms with Gasteiger partial charge in [0.2, 0.25) is 0 Å². The monoisotopic (exact) mass is 224 g/mol. The van der Waals surface area contributed by atoms with E-state index in [1.165, 1.54) is 70.9 Å². The van der Waals surface area contributed by atoms with Gasteiger partial charge in [0, 0.05) is 12.1 Å². The molecule has 1 saturated heterocycles. The van der Waals surface area contributed by atoms with Crippen LogP contribution in [0.5, 0.6) is 0 Å². The number of hydrogen-bond donors (Lipinski definition) is 1. The Balaban J connectivity index is 1.73. The maximum Gasteiger partial charge on any atom is 0.0154 e. The fourth-order valence-electron chi connectivity index (χ4n) is 3.51. The van der Waals surface area contributed by atoms with Gasteiger partial charge in [0.15, 0.2) is 0 Å². The van der Waals surface area contributed by atoms with Crippen molar-refractivity contribution < 1.29 is 0 Å². The molecule has 0 spiro atoms. The molecule has 0 aromatic carbocycles. The van der Waals surface area contributed by atoms with Crippen LogP contribution in [-0.4, -0.2) is 30.6 Å². The van der Waals surface area contributed by atoms with Gasteiger partial charge in [-0.05, 0) is 58.0 Å². The first-order chi connectivity index (χ1) is 7.68. The third kappa shape index (κ3) is 3.46. The Hall–Kier alpha value is -0.0800. The quantitative estimate of drug-likeness (QED) is 0.798. The number of likely N-dealkylation sites (tertiary alicyclic amines) is 1. The summed E-state index contributed by atoms with van der Waals surface area (Å²) < 4.78 is 0. The molecule has 2 aliphatic rings. The first kappa shape index (κ1) is 12.4. The highest BCUT2D eigenvalue weighted by molar-refractivity contribution is 4.88. The van der Waals surface area contributed by atoms with Crippen molar-refractivity contribution in [3.63, 3.8) is 0 Å². The molecule has 1 atom stereocenters. The first-order valence-electron chi connectivity index (χ1n) is 7.15. The number of nitrogens with zero attached hydrogens (tertiary/aromatic N) is 1. The van der Waals surface area contributed by atoms with Crippen LogP contribution >= 0.6 is 0 Å². The number of nitrogens with two attached hydrogens (primary N) is 1. The molecule has 1 heterocycles. The van der Waals surface area contributed by atoms with Gasteiger partial charge < -0.3 is 10.6 Å². The second kappa shape index (κ2) is 5.50. The summed E-state index contributed by atoms with van der Waals surface area (Å²) in [6, 6.07) is 0. The molecule has 2 nitrogen and oxygen atoms in total. The summed E-state index contributed by atoms with van der Waals surface area (Å²) in [7, 11) is 2.25. The Labute approximate surface area is 101 Å². The molecule has 0 amide bonds. The molecule has 2 heteroatoms. The molecule has 2 rings (SSSR count). The molecule has 1 unspecified atom stereocenters. The predicted molar refractivity (Wildman–Crippen MR) is 69.5 cm³/mol. The first-order valence-corrected chi connectivity index (χ1v) is 7.15. The fourth-order valence-corrected chi connectivity index (χ4v) is 3.51. The standard InChI is InChI=1S/C14H28N2/c1-16-11-5-6-13(12-16)7-10-14(15)8-3-2-4-9-14/h13H,2-12,15H2,1H3. The molecular formula is C14H28N2. The van der Waals surface area contributed by atoms with Crippen LogP contribution < -0.4 is 5.73 Å². The summed E-state index contributed by atoms with van der Waals surface area (Å²) in [6.45, 7) is 2.60. The molecule has 1 saturated carbocycles. The average Bonchev–Trinajstić information content (AvgIpc) is 2.28. The summed E-state index contributed by atoms with van der Waals surface area (Å²) in [5, 5.41) is 0. The molecule has 16 heavy (non-hydrogen) atoms. The highest BCUT2D eigenvalue weighted by Crippen LogP contribution is 2.32. The van der Waals surface area contributed by atoms with Gasteiger partial charge in [-0.15, -0.1) is 0 Å². The van der Waals surface area contributed by atoms with Gasteiger partial charge in [-0.2, -0.15) is 0 Å². The Bertz CT molecular complexity index is 209. The molecule has 1 aliphatic carbocycles. The summed E-state index contributed by atoms with van der Waals surface area (Å²) in [4.78, 5) is 2.48. The molecule has 0 aromatic rings. The van der Waals surface area contributed by atoms with Crippen LogP contribution in [-0.2, 0) is 0 Å². The number of piperidine rings is 1. The predicted octanol–water partition coefficient (Wildman–Crippen LogP) is 2.77. The zero-order chi connectivity index (χ0) is 11.4. The summed E-state index contributed by atoms with van der Waals surface area (Å²) >= 11 is 0. The number of hydrogen-bond acceptors (Lipinski definition) is 2. The second-order valence-corrected chi connectivity index (χ2v) is 6.23. The van der Waals surface area contributed by atoms with E-state index in [0.717, 1.165) is 5.92 Å². The van der Waals surface area contributed by atoms with Gasteiger partial charge in [0.25, 0.3) is 0 Å². The molecule has 0 radical (unpaired) electrons. The largest absolute Gasteiger partial charge is 0.325 e. The topological polar surface area (TPSA) is 29.3 Å². The molecule has 2 fully saturated rings. The van der Waals surface area contributed by atoms with Crippen LogP contribution in [0.25, 0.3) is 0 Å². The van der Waals surface area contributed by atoms with Crippen LogP contribution in [0.4, 0.5) is 0 Å². The van der Waals surface area contributed by atoms with Crippen LogP contribution in [0.2, 0.25) is 0 Å². The molecule has 0 bridgehead atoms. The van der Waals surface area contributed by atoms with Crippen molar-refractivity contribution in [2.75, 3.05) is 20.1 Å². The lowest BCUT2D eigenvalue weighted by atomic mass is 9.77. The van der Waals surface area contributed by atoms with E-state index in [4.69, 9.17) is 5.73 Å². The summed E-state index contributed by atoms with van der Waals surface area (Å²) in [5.74, 6) is 0.918. The van der Waals surface area contributed by atoms with E-state index in [-0.39, 0.29) is 5.54 Å². The van der Waals surface area contributed by atoms with Gasteiger partial charge >= 0.3 is 0 Å². The van der Waals surface area contributed by atoms with E-state index in [0.29, 0.717) is 0 Å². The fraction of sp³-hybridized carbons (Fsp3) is 1.00. The van der Waals surface area contributed by atoms with Gasteiger partial charge in [0.05, 0.1) is 0 Å². The zero-order valence-corrected chi connectivity index (χ0v) is 10.9. The smallest absolute Gasteiger partial charge is 0.0154 e. The van der Waals surface area contributed by atoms with Crippen LogP contribution in [0, 0.1) is 5.92 Å². The van der Waals surface area contributed by atoms with E-state index >= 15 is 0 Å². The van der Waals surface area contributed by atoms with Crippen molar-refractivity contribution in [3.05, 3.63) is 0 Å². The van der Waals surface area contributed by atoms with Crippen molar-refractivity contribution in [3.8, 4) is 0 Å². The lowest BCUT2D eigenvalue weighted by Gasteiger charge is -2.36. The van der Waals surface area contributed by atoms with E-state index < -0.39 is 0 Å². The summed E-state index contributed by atoms with van der Waals surface area (Å²) in [5.41, 5.74) is 6.70. The van der Waals surface area contributed by atoms with E-state index in [9.17, 15) is 0 Å². The van der Waals surface area contributed by atoms with E-state index in [1.54, 1.807) is 0 Å². The second-order valence-electron chi connectivity index (χ2n) is 6.23. The maximum absolute atomic E-state index is 6.50. The molecular weight excluding hydrogens is 196 g/mol. The number of rotatable bonds is 3. The zero-order valence-electron chi connectivity index (χ0n) is 10.9. The van der Waals surface area contributed by atoms with Gasteiger partial charge in [-0.1, -0.05) is 19.3 Å². The lowest BCUT2D eigenvalue weighted by Crippen LogP contribution is -2.42. The summed E-state index contributed by atoms with van der Waals surface area (Å²) in [6.07, 6.45) is 12.1. The lowest BCUT2D eigenvalue weighted by molar-refractivity contribution is 0.179. The van der Waals surface area contributed by atoms with Crippen LogP contribution in [0.15, 0.2) is 0 Å². The van der Waals surface area contributed by atoms with Gasteiger partial charge in [0.1, 0.15) is 0 Å². The van der Waals surface area contributed by atoms with Gasteiger partial charge in [-0.25, -0.2) is 0 Å². The molecule has 2 N–H and O–H groups in total. The SMILES string of the molecule is CN1CCCC(CCC2(N)CCCCC2)C1. The van der Waals surface area contributed by atoms with E-state index in [2.05, 4.69) is 11.9 Å². The Kier molecular flexibility index (Phi) is 4.26. The molecule has 1 aliphatic heterocycles. The third-order valence-electron chi connectivity index (χ3n) is 4.62. The molecule has 94 valence electrons. The Morgan fingerprint density at radius 1 is 1.19 bits per heavy atom. The van der Waals surface area contributed by atoms with Crippen molar-refractivity contribution in [1.29, 1.82) is 0 Å². The Morgan fingerprint density at radius 3 is 2.62 bits per heavy atom. The third-order valence-corrected chi connectivity index (χ3v) is 4.62. The highest BCUT2D eigenvalue weighted by Gasteiger charge is 2.28. The highest BCUT2D eigenvalue weighted by atomic mass is 15.1. The maximum atomic E-state index is 6.50. The van der Waals surface area contributed by atoms with Crippen LogP contribution in [0.3, 0.4) is 0 Å². The normalized spacial score (nSPS) is 31.5. The Morgan fingerprint density at radius 2 is 1.94 bits per heavy atom. The van der Waals surface area contributed by atoms with Crippen molar-refractivity contribution in [1.82, 2.24) is 4.90 Å². The van der Waals surface area contributed by atoms with Crippen molar-refractivity contribution in [2.45, 2.75) is 63.3 Å². The van der Waals surface area contributed by atoms with Crippen LogP contribution in [0.1, 0.15) is 57.8 Å². The minimum absolute atomic E-state index is 0.203. The minimum atomic E-state index is 0.203. The van der Waals surface area contributed by atoms with Gasteiger partial charge in [-0.3, -0.25) is 0 Å².